The molecule has 112 valence electrons. The van der Waals surface area contributed by atoms with Crippen molar-refractivity contribution in [1.29, 1.82) is 0 Å². The number of aryl methyl sites for hydroxylation is 2. The molecule has 0 unspecified atom stereocenters. The molecule has 21 heavy (non-hydrogen) atoms. The summed E-state index contributed by atoms with van der Waals surface area (Å²) in [5.41, 5.74) is 2.16. The number of nitrogens with one attached hydrogen (secondary N) is 1. The quantitative estimate of drug-likeness (QED) is 0.773. The Labute approximate surface area is 138 Å². The van der Waals surface area contributed by atoms with Crippen LogP contribution in [0.25, 0.3) is 0 Å². The van der Waals surface area contributed by atoms with E-state index in [-0.39, 0.29) is 20.0 Å². The lowest BCUT2D eigenvalue weighted by molar-refractivity contribution is 0.601. The van der Waals surface area contributed by atoms with Gasteiger partial charge in [-0.25, -0.2) is 8.42 Å². The molecule has 7 heteroatoms. The van der Waals surface area contributed by atoms with E-state index in [9.17, 15) is 8.42 Å². The molecule has 2 aromatic rings. The third kappa shape index (κ3) is 3.46. The maximum absolute atomic E-state index is 12.5. The number of hydrogen-bond acceptors (Lipinski definition) is 2. The second-order valence-electron chi connectivity index (χ2n) is 4.57. The van der Waals surface area contributed by atoms with Crippen molar-refractivity contribution in [3.63, 3.8) is 0 Å². The topological polar surface area (TPSA) is 46.2 Å². The lowest BCUT2D eigenvalue weighted by atomic mass is 10.1. The van der Waals surface area contributed by atoms with E-state index in [1.807, 2.05) is 32.0 Å². The van der Waals surface area contributed by atoms with Gasteiger partial charge < -0.3 is 0 Å². The van der Waals surface area contributed by atoms with Gasteiger partial charge in [0.25, 0.3) is 10.0 Å². The molecule has 0 heterocycles. The summed E-state index contributed by atoms with van der Waals surface area (Å²) in [7, 11) is -3.85. The molecule has 0 saturated carbocycles. The van der Waals surface area contributed by atoms with E-state index in [0.29, 0.717) is 5.69 Å². The molecule has 2 rings (SSSR count). The van der Waals surface area contributed by atoms with Gasteiger partial charge in [-0.1, -0.05) is 53.0 Å². The molecule has 0 radical (unpaired) electrons. The molecule has 0 saturated heterocycles. The summed E-state index contributed by atoms with van der Waals surface area (Å²) in [4.78, 5) is -0.110. The molecule has 0 aliphatic carbocycles. The Bertz CT molecular complexity index is 784. The van der Waals surface area contributed by atoms with E-state index < -0.39 is 10.0 Å². The summed E-state index contributed by atoms with van der Waals surface area (Å²) in [5.74, 6) is 0. The van der Waals surface area contributed by atoms with Gasteiger partial charge in [-0.05, 0) is 37.1 Å². The van der Waals surface area contributed by atoms with Crippen LogP contribution in [0.4, 0.5) is 5.69 Å². The van der Waals surface area contributed by atoms with E-state index in [1.54, 1.807) is 0 Å². The van der Waals surface area contributed by atoms with Crippen molar-refractivity contribution in [2.75, 3.05) is 4.72 Å². The molecule has 0 aromatic heterocycles. The summed E-state index contributed by atoms with van der Waals surface area (Å²) in [6.45, 7) is 3.64. The first-order valence-corrected chi connectivity index (χ1v) is 8.57. The largest absolute Gasteiger partial charge is 0.279 e. The highest BCUT2D eigenvalue weighted by molar-refractivity contribution is 7.92. The molecular formula is C14H12Cl3NO2S. The van der Waals surface area contributed by atoms with Gasteiger partial charge >= 0.3 is 0 Å². The fourth-order valence-corrected chi connectivity index (χ4v) is 4.08. The molecule has 3 nitrogen and oxygen atoms in total. The Hall–Kier alpha value is -0.940. The third-order valence-corrected chi connectivity index (χ3v) is 5.52. The zero-order valence-corrected chi connectivity index (χ0v) is 14.3. The van der Waals surface area contributed by atoms with Gasteiger partial charge in [-0.2, -0.15) is 0 Å². The Morgan fingerprint density at radius 3 is 2.00 bits per heavy atom. The Kier molecular flexibility index (Phi) is 4.73. The van der Waals surface area contributed by atoms with Crippen LogP contribution in [0, 0.1) is 13.8 Å². The Balaban J connectivity index is 2.51. The number of hydrogen-bond donors (Lipinski definition) is 1. The van der Waals surface area contributed by atoms with E-state index in [0.717, 1.165) is 11.1 Å². The predicted molar refractivity (Wildman–Crippen MR) is 88.2 cm³/mol. The first kappa shape index (κ1) is 16.4. The van der Waals surface area contributed by atoms with Crippen molar-refractivity contribution >= 4 is 50.5 Å². The van der Waals surface area contributed by atoms with E-state index in [1.165, 1.54) is 12.1 Å². The fourth-order valence-electron chi connectivity index (χ4n) is 1.88. The molecule has 0 amide bonds. The van der Waals surface area contributed by atoms with Crippen LogP contribution in [-0.4, -0.2) is 8.42 Å². The Morgan fingerprint density at radius 1 is 0.905 bits per heavy atom. The van der Waals surface area contributed by atoms with Crippen molar-refractivity contribution in [1.82, 2.24) is 0 Å². The lowest BCUT2D eigenvalue weighted by Crippen LogP contribution is -2.15. The smallest absolute Gasteiger partial charge is 0.263 e. The second-order valence-corrected chi connectivity index (χ2v) is 7.44. The first-order chi connectivity index (χ1) is 9.72. The van der Waals surface area contributed by atoms with E-state index >= 15 is 0 Å². The monoisotopic (exact) mass is 363 g/mol. The molecule has 0 spiro atoms. The van der Waals surface area contributed by atoms with Gasteiger partial charge in [0.2, 0.25) is 0 Å². The zero-order valence-electron chi connectivity index (χ0n) is 11.2. The summed E-state index contributed by atoms with van der Waals surface area (Å²) in [5, 5.41) is 0.346. The lowest BCUT2D eigenvalue weighted by Gasteiger charge is -2.14. The molecule has 1 N–H and O–H groups in total. The van der Waals surface area contributed by atoms with Gasteiger partial charge in [-0.15, -0.1) is 0 Å². The highest BCUT2D eigenvalue weighted by atomic mass is 35.5. The van der Waals surface area contributed by atoms with Crippen molar-refractivity contribution in [2.45, 2.75) is 18.7 Å². The van der Waals surface area contributed by atoms with Crippen molar-refractivity contribution in [3.8, 4) is 0 Å². The normalized spacial score (nSPS) is 11.5. The number of para-hydroxylation sites is 1. The number of sulfonamides is 1. The number of halogens is 3. The molecule has 0 aliphatic rings. The fraction of sp³-hybridized carbons (Fsp3) is 0.143. The van der Waals surface area contributed by atoms with Gasteiger partial charge in [0, 0.05) is 0 Å². The van der Waals surface area contributed by atoms with Crippen LogP contribution in [0.15, 0.2) is 35.2 Å². The van der Waals surface area contributed by atoms with Gasteiger partial charge in [0.15, 0.2) is 0 Å². The maximum Gasteiger partial charge on any atom is 0.263 e. The van der Waals surface area contributed by atoms with Crippen LogP contribution in [0.3, 0.4) is 0 Å². The van der Waals surface area contributed by atoms with Crippen molar-refractivity contribution in [3.05, 3.63) is 56.5 Å². The first-order valence-electron chi connectivity index (χ1n) is 5.96. The highest BCUT2D eigenvalue weighted by Gasteiger charge is 2.21. The van der Waals surface area contributed by atoms with Crippen LogP contribution >= 0.6 is 34.8 Å². The minimum atomic E-state index is -3.85. The Morgan fingerprint density at radius 2 is 1.43 bits per heavy atom. The van der Waals surface area contributed by atoms with Crippen molar-refractivity contribution in [2.24, 2.45) is 0 Å². The molecule has 0 fully saturated rings. The molecule has 2 aromatic carbocycles. The SMILES string of the molecule is Cc1cccc(C)c1NS(=O)(=O)c1cc(Cl)c(Cl)cc1Cl. The average Bonchev–Trinajstić information content (AvgIpc) is 2.38. The average molecular weight is 365 g/mol. The molecular weight excluding hydrogens is 353 g/mol. The number of benzene rings is 2. The van der Waals surface area contributed by atoms with E-state index in [4.69, 9.17) is 34.8 Å². The zero-order chi connectivity index (χ0) is 15.8. The van der Waals surface area contributed by atoms with E-state index in [2.05, 4.69) is 4.72 Å². The molecule has 0 atom stereocenters. The third-order valence-electron chi connectivity index (χ3n) is 2.98. The van der Waals surface area contributed by atoms with Gasteiger partial charge in [0.05, 0.1) is 20.8 Å². The summed E-state index contributed by atoms with van der Waals surface area (Å²) >= 11 is 17.7. The van der Waals surface area contributed by atoms with Crippen LogP contribution in [0.5, 0.6) is 0 Å². The van der Waals surface area contributed by atoms with Crippen LogP contribution < -0.4 is 4.72 Å². The van der Waals surface area contributed by atoms with Gasteiger partial charge in [0.1, 0.15) is 4.90 Å². The summed E-state index contributed by atoms with van der Waals surface area (Å²) in [6, 6.07) is 8.05. The number of rotatable bonds is 3. The number of anilines is 1. The standard InChI is InChI=1S/C14H12Cl3NO2S/c1-8-4-3-5-9(2)14(8)18-21(19,20)13-7-11(16)10(15)6-12(13)17/h3-7,18H,1-2H3. The molecule has 0 bridgehead atoms. The summed E-state index contributed by atoms with van der Waals surface area (Å²) < 4.78 is 27.5. The van der Waals surface area contributed by atoms with Crippen LogP contribution in [-0.2, 0) is 10.0 Å². The van der Waals surface area contributed by atoms with Crippen LogP contribution in [0.1, 0.15) is 11.1 Å². The van der Waals surface area contributed by atoms with Crippen molar-refractivity contribution < 1.29 is 8.42 Å². The highest BCUT2D eigenvalue weighted by Crippen LogP contribution is 2.33. The minimum Gasteiger partial charge on any atom is -0.279 e. The van der Waals surface area contributed by atoms with Gasteiger partial charge in [-0.3, -0.25) is 4.72 Å². The predicted octanol–water partition coefficient (Wildman–Crippen LogP) is 5.06. The maximum atomic E-state index is 12.5. The van der Waals surface area contributed by atoms with Crippen LogP contribution in [0.2, 0.25) is 15.1 Å². The second kappa shape index (κ2) is 6.05. The molecule has 0 aliphatic heterocycles. The summed E-state index contributed by atoms with van der Waals surface area (Å²) in [6.07, 6.45) is 0. The minimum absolute atomic E-state index is 0.0168.